The third-order valence-electron chi connectivity index (χ3n) is 0.292. The predicted octanol–water partition coefficient (Wildman–Crippen LogP) is 3.47. The summed E-state index contributed by atoms with van der Waals surface area (Å²) in [6.07, 6.45) is 2.62. The third-order valence-corrected chi connectivity index (χ3v) is 0.292. The second kappa shape index (κ2) is 246. The summed E-state index contributed by atoms with van der Waals surface area (Å²) in [6, 6.07) is 0. The fourth-order valence-corrected chi connectivity index (χ4v) is 0.0680. The topological polar surface area (TPSA) is 49.7 Å². The molecule has 102 valence electrons. The van der Waals surface area contributed by atoms with Crippen LogP contribution in [0.15, 0.2) is 78.3 Å². The number of ether oxygens (including phenoxy) is 1. The first kappa shape index (κ1) is 36.2. The number of aliphatic hydroxyl groups excluding tert-OH is 2. The smallest absolute Gasteiger partial charge is 0.0829 e. The van der Waals surface area contributed by atoms with E-state index in [2.05, 4.69) is 70.5 Å². The van der Waals surface area contributed by atoms with Gasteiger partial charge >= 0.3 is 0 Å². The summed E-state index contributed by atoms with van der Waals surface area (Å²) in [6.45, 7) is 30.3. The van der Waals surface area contributed by atoms with Gasteiger partial charge in [-0.25, -0.2) is 0 Å². The molecule has 0 aromatic rings. The van der Waals surface area contributed by atoms with Crippen LogP contribution in [0, 0.1) is 0 Å². The van der Waals surface area contributed by atoms with Crippen molar-refractivity contribution in [2.45, 2.75) is 0 Å². The second-order valence-electron chi connectivity index (χ2n) is 0.917. The molecule has 0 saturated heterocycles. The van der Waals surface area contributed by atoms with Crippen molar-refractivity contribution in [3.63, 3.8) is 0 Å². The molecule has 3 nitrogen and oxygen atoms in total. The molecule has 0 spiro atoms. The molecule has 0 amide bonds. The van der Waals surface area contributed by atoms with Gasteiger partial charge in [0.1, 0.15) is 0 Å². The Morgan fingerprint density at radius 1 is 0.647 bits per heavy atom. The third kappa shape index (κ3) is 1560. The van der Waals surface area contributed by atoms with Gasteiger partial charge in [0.15, 0.2) is 0 Å². The summed E-state index contributed by atoms with van der Waals surface area (Å²) in [4.78, 5) is 0. The maximum absolute atomic E-state index is 7.62. The van der Waals surface area contributed by atoms with Gasteiger partial charge in [0.2, 0.25) is 0 Å². The monoisotopic (exact) mass is 244 g/mol. The molecule has 0 rings (SSSR count). The van der Waals surface area contributed by atoms with Crippen molar-refractivity contribution in [2.24, 2.45) is 0 Å². The van der Waals surface area contributed by atoms with E-state index in [0.29, 0.717) is 0 Å². The Labute approximate surface area is 107 Å². The van der Waals surface area contributed by atoms with Gasteiger partial charge in [0.25, 0.3) is 0 Å². The number of aliphatic hydroxyl groups is 2. The maximum Gasteiger partial charge on any atom is 0.0829 e. The Morgan fingerprint density at radius 3 is 0.824 bits per heavy atom. The highest BCUT2D eigenvalue weighted by Gasteiger charge is 1.58. The van der Waals surface area contributed by atoms with Gasteiger partial charge in [0, 0.05) is 0 Å². The van der Waals surface area contributed by atoms with Gasteiger partial charge in [0.05, 0.1) is 25.7 Å². The van der Waals surface area contributed by atoms with Gasteiger partial charge < -0.3 is 14.9 Å². The molecule has 0 atom stereocenters. The van der Waals surface area contributed by atoms with Crippen LogP contribution in [0.5, 0.6) is 0 Å². The molecule has 0 aromatic carbocycles. The minimum absolute atomic E-state index is 0.125. The van der Waals surface area contributed by atoms with E-state index in [1.807, 2.05) is 0 Å². The fraction of sp³-hybridized carbons (Fsp3) is 0.143. The number of hydrogen-bond donors (Lipinski definition) is 2. The van der Waals surface area contributed by atoms with Crippen LogP contribution >= 0.6 is 0 Å². The standard InChI is InChI=1S/C4H6O.C2H6O2.4C2H4/c1-3-5-4-2;3-1-2-4;4*1-2/h3-4H,1-2H2;3-4H,1-2H2;4*1-2H2. The summed E-state index contributed by atoms with van der Waals surface area (Å²) >= 11 is 0. The summed E-state index contributed by atoms with van der Waals surface area (Å²) in [5.74, 6) is 0. The van der Waals surface area contributed by atoms with E-state index in [4.69, 9.17) is 10.2 Å². The highest BCUT2D eigenvalue weighted by Crippen LogP contribution is 1.65. The van der Waals surface area contributed by atoms with Crippen LogP contribution in [0.3, 0.4) is 0 Å². The van der Waals surface area contributed by atoms with Crippen LogP contribution in [-0.2, 0) is 4.74 Å². The molecule has 0 bridgehead atoms. The summed E-state index contributed by atoms with van der Waals surface area (Å²) < 4.78 is 4.36. The van der Waals surface area contributed by atoms with E-state index in [-0.39, 0.29) is 13.2 Å². The first-order valence-corrected chi connectivity index (χ1v) is 4.42. The molecule has 0 aromatic heterocycles. The fourth-order valence-electron chi connectivity index (χ4n) is 0.0680. The lowest BCUT2D eigenvalue weighted by molar-refractivity contribution is 0.186. The van der Waals surface area contributed by atoms with Crippen LogP contribution in [-0.4, -0.2) is 23.4 Å². The van der Waals surface area contributed by atoms with Crippen molar-refractivity contribution in [3.8, 4) is 0 Å². The Balaban J connectivity index is -0.0000000228. The lowest BCUT2D eigenvalue weighted by atomic mass is 10.8. The minimum atomic E-state index is -0.125. The molecular formula is C14H28O3. The molecule has 0 heterocycles. The zero-order chi connectivity index (χ0) is 15.5. The van der Waals surface area contributed by atoms with Crippen molar-refractivity contribution in [1.82, 2.24) is 0 Å². The van der Waals surface area contributed by atoms with Crippen LogP contribution in [0.25, 0.3) is 0 Å². The normalized spacial score (nSPS) is 4.35. The van der Waals surface area contributed by atoms with Gasteiger partial charge in [-0.05, 0) is 0 Å². The van der Waals surface area contributed by atoms with E-state index >= 15 is 0 Å². The zero-order valence-corrected chi connectivity index (χ0v) is 10.9. The molecule has 0 aliphatic heterocycles. The van der Waals surface area contributed by atoms with Gasteiger partial charge in [-0.3, -0.25) is 0 Å². The first-order valence-electron chi connectivity index (χ1n) is 4.42. The van der Waals surface area contributed by atoms with Crippen LogP contribution in [0.4, 0.5) is 0 Å². The summed E-state index contributed by atoms with van der Waals surface area (Å²) in [5, 5.41) is 15.2. The lowest BCUT2D eigenvalue weighted by Crippen LogP contribution is -1.85. The molecule has 0 aliphatic rings. The first-order chi connectivity index (χ1) is 8.33. The predicted molar refractivity (Wildman–Crippen MR) is 80.7 cm³/mol. The van der Waals surface area contributed by atoms with Crippen molar-refractivity contribution < 1.29 is 14.9 Å². The summed E-state index contributed by atoms with van der Waals surface area (Å²) in [5.41, 5.74) is 0. The molecule has 17 heavy (non-hydrogen) atoms. The van der Waals surface area contributed by atoms with Crippen molar-refractivity contribution in [2.75, 3.05) is 13.2 Å². The Hall–Kier alpha value is -1.84. The minimum Gasteiger partial charge on any atom is -0.474 e. The SMILES string of the molecule is C=C.C=C.C=C.C=C.C=COC=C.OCCO. The number of hydrogen-bond acceptors (Lipinski definition) is 3. The highest BCUT2D eigenvalue weighted by atomic mass is 16.5. The van der Waals surface area contributed by atoms with Gasteiger partial charge in [-0.2, -0.15) is 0 Å². The molecule has 3 heteroatoms. The van der Waals surface area contributed by atoms with E-state index in [1.165, 1.54) is 12.5 Å². The Morgan fingerprint density at radius 2 is 0.824 bits per heavy atom. The number of rotatable bonds is 3. The highest BCUT2D eigenvalue weighted by molar-refractivity contribution is 4.57. The average Bonchev–Trinajstić information content (AvgIpc) is 2.48. The van der Waals surface area contributed by atoms with Gasteiger partial charge in [-0.15, -0.1) is 52.6 Å². The molecule has 0 aliphatic carbocycles. The maximum atomic E-state index is 7.62. The van der Waals surface area contributed by atoms with Crippen LogP contribution < -0.4 is 0 Å². The molecule has 2 N–H and O–H groups in total. The van der Waals surface area contributed by atoms with Crippen molar-refractivity contribution in [1.29, 1.82) is 0 Å². The Bertz CT molecular complexity index is 87.6. The summed E-state index contributed by atoms with van der Waals surface area (Å²) in [7, 11) is 0. The van der Waals surface area contributed by atoms with Crippen LogP contribution in [0.2, 0.25) is 0 Å². The van der Waals surface area contributed by atoms with E-state index < -0.39 is 0 Å². The molecule has 0 radical (unpaired) electrons. The molecule has 0 fully saturated rings. The van der Waals surface area contributed by atoms with Gasteiger partial charge in [-0.1, -0.05) is 13.2 Å². The lowest BCUT2D eigenvalue weighted by Gasteiger charge is -1.76. The zero-order valence-electron chi connectivity index (χ0n) is 10.9. The van der Waals surface area contributed by atoms with E-state index in [1.54, 1.807) is 0 Å². The average molecular weight is 244 g/mol. The molecule has 0 unspecified atom stereocenters. The molecule has 0 saturated carbocycles. The van der Waals surface area contributed by atoms with Crippen molar-refractivity contribution >= 4 is 0 Å². The van der Waals surface area contributed by atoms with E-state index in [9.17, 15) is 0 Å². The largest absolute Gasteiger partial charge is 0.474 e. The second-order valence-corrected chi connectivity index (χ2v) is 0.917. The van der Waals surface area contributed by atoms with E-state index in [0.717, 1.165) is 0 Å². The van der Waals surface area contributed by atoms with Crippen LogP contribution in [0.1, 0.15) is 0 Å². The van der Waals surface area contributed by atoms with Crippen molar-refractivity contribution in [3.05, 3.63) is 78.3 Å². The molecular weight excluding hydrogens is 216 g/mol. The quantitative estimate of drug-likeness (QED) is 0.590. The Kier molecular flexibility index (Phi) is 523.